The van der Waals surface area contributed by atoms with Crippen molar-refractivity contribution in [2.24, 2.45) is 0 Å². The maximum atomic E-state index is 12.8. The summed E-state index contributed by atoms with van der Waals surface area (Å²) in [5.74, 6) is 1.58. The monoisotopic (exact) mass is 317 g/mol. The largest absolute Gasteiger partial charge is 0.448 e. The van der Waals surface area contributed by atoms with Gasteiger partial charge in [0.2, 0.25) is 0 Å². The molecule has 0 bridgehead atoms. The van der Waals surface area contributed by atoms with Gasteiger partial charge in [0.25, 0.3) is 5.91 Å². The third-order valence-electron chi connectivity index (χ3n) is 3.76. The van der Waals surface area contributed by atoms with E-state index in [2.05, 4.69) is 20.3 Å². The number of nitrogens with one attached hydrogen (secondary N) is 1. The van der Waals surface area contributed by atoms with Crippen molar-refractivity contribution in [1.82, 2.24) is 19.9 Å². The number of anilines is 1. The second-order valence-corrected chi connectivity index (χ2v) is 5.35. The lowest BCUT2D eigenvalue weighted by Crippen LogP contribution is -2.44. The van der Waals surface area contributed by atoms with E-state index >= 15 is 0 Å². The molecule has 0 aromatic carbocycles. The maximum absolute atomic E-state index is 12.8. The van der Waals surface area contributed by atoms with E-state index in [9.17, 15) is 4.79 Å². The summed E-state index contributed by atoms with van der Waals surface area (Å²) < 4.78 is 10.7. The zero-order valence-corrected chi connectivity index (χ0v) is 13.4. The van der Waals surface area contributed by atoms with Crippen LogP contribution in [0.3, 0.4) is 0 Å². The van der Waals surface area contributed by atoms with Crippen molar-refractivity contribution in [1.29, 1.82) is 0 Å². The Kier molecular flexibility index (Phi) is 4.24. The molecule has 0 spiro atoms. The molecular formula is C15H19N5O3. The van der Waals surface area contributed by atoms with Crippen molar-refractivity contribution in [2.75, 3.05) is 32.1 Å². The number of hydrogen-bond donors (Lipinski definition) is 1. The highest BCUT2D eigenvalue weighted by Crippen LogP contribution is 2.25. The molecule has 1 aliphatic rings. The Bertz CT molecular complexity index is 715. The highest BCUT2D eigenvalue weighted by Gasteiger charge is 2.33. The quantitative estimate of drug-likeness (QED) is 0.913. The first-order valence-electron chi connectivity index (χ1n) is 7.42. The molecule has 3 heterocycles. The summed E-state index contributed by atoms with van der Waals surface area (Å²) in [7, 11) is 1.80. The van der Waals surface area contributed by atoms with Gasteiger partial charge in [-0.05, 0) is 13.8 Å². The van der Waals surface area contributed by atoms with E-state index < -0.39 is 0 Å². The number of aryl methyl sites for hydroxylation is 2. The number of aromatic nitrogens is 3. The van der Waals surface area contributed by atoms with Crippen LogP contribution in [0.1, 0.15) is 33.8 Å². The van der Waals surface area contributed by atoms with Gasteiger partial charge in [0, 0.05) is 25.4 Å². The van der Waals surface area contributed by atoms with Crippen LogP contribution in [0.4, 0.5) is 5.82 Å². The molecule has 8 heteroatoms. The second kappa shape index (κ2) is 6.33. The Morgan fingerprint density at radius 3 is 2.91 bits per heavy atom. The van der Waals surface area contributed by atoms with Crippen molar-refractivity contribution in [2.45, 2.75) is 19.9 Å². The van der Waals surface area contributed by atoms with Gasteiger partial charge in [0.05, 0.1) is 13.2 Å². The number of ether oxygens (including phenoxy) is 1. The fourth-order valence-corrected chi connectivity index (χ4v) is 2.58. The molecule has 8 nitrogen and oxygen atoms in total. The summed E-state index contributed by atoms with van der Waals surface area (Å²) in [5.41, 5.74) is 1.15. The SMILES string of the molecule is CNc1cc(C)nc([C@H]2COCCN2C(=O)c2ncoc2C)n1. The van der Waals surface area contributed by atoms with Crippen LogP contribution in [0, 0.1) is 13.8 Å². The number of carbonyl (C=O) groups is 1. The predicted octanol–water partition coefficient (Wildman–Crippen LogP) is 1.34. The van der Waals surface area contributed by atoms with Gasteiger partial charge in [-0.2, -0.15) is 0 Å². The average Bonchev–Trinajstić information content (AvgIpc) is 2.99. The van der Waals surface area contributed by atoms with Crippen LogP contribution >= 0.6 is 0 Å². The Morgan fingerprint density at radius 2 is 2.22 bits per heavy atom. The first-order chi connectivity index (χ1) is 11.1. The van der Waals surface area contributed by atoms with Gasteiger partial charge >= 0.3 is 0 Å². The molecule has 122 valence electrons. The van der Waals surface area contributed by atoms with Gasteiger partial charge in [-0.25, -0.2) is 15.0 Å². The van der Waals surface area contributed by atoms with E-state index in [-0.39, 0.29) is 11.9 Å². The van der Waals surface area contributed by atoms with Crippen LogP contribution in [0.2, 0.25) is 0 Å². The van der Waals surface area contributed by atoms with Crippen molar-refractivity contribution in [3.8, 4) is 0 Å². The van der Waals surface area contributed by atoms with Crippen molar-refractivity contribution >= 4 is 11.7 Å². The topological polar surface area (TPSA) is 93.4 Å². The molecule has 2 aromatic rings. The van der Waals surface area contributed by atoms with Gasteiger partial charge < -0.3 is 19.4 Å². The molecule has 1 fully saturated rings. The van der Waals surface area contributed by atoms with Crippen LogP contribution in [-0.4, -0.2) is 52.6 Å². The van der Waals surface area contributed by atoms with Crippen molar-refractivity contribution in [3.05, 3.63) is 35.4 Å². The Labute approximate surface area is 133 Å². The molecule has 0 radical (unpaired) electrons. The van der Waals surface area contributed by atoms with Crippen LogP contribution in [0.15, 0.2) is 16.9 Å². The zero-order valence-electron chi connectivity index (χ0n) is 13.4. The first-order valence-corrected chi connectivity index (χ1v) is 7.42. The van der Waals surface area contributed by atoms with Gasteiger partial charge in [-0.1, -0.05) is 0 Å². The Morgan fingerprint density at radius 1 is 1.39 bits per heavy atom. The molecule has 0 saturated carbocycles. The van der Waals surface area contributed by atoms with E-state index in [1.807, 2.05) is 13.0 Å². The third-order valence-corrected chi connectivity index (χ3v) is 3.76. The normalized spacial score (nSPS) is 18.0. The average molecular weight is 317 g/mol. The first kappa shape index (κ1) is 15.4. The number of oxazole rings is 1. The number of rotatable bonds is 3. The lowest BCUT2D eigenvalue weighted by molar-refractivity contribution is -0.00559. The van der Waals surface area contributed by atoms with Gasteiger partial charge in [0.15, 0.2) is 17.9 Å². The highest BCUT2D eigenvalue weighted by atomic mass is 16.5. The second-order valence-electron chi connectivity index (χ2n) is 5.35. The highest BCUT2D eigenvalue weighted by molar-refractivity contribution is 5.93. The molecular weight excluding hydrogens is 298 g/mol. The minimum absolute atomic E-state index is 0.194. The number of amides is 1. The fraction of sp³-hybridized carbons (Fsp3) is 0.467. The molecule has 23 heavy (non-hydrogen) atoms. The summed E-state index contributed by atoms with van der Waals surface area (Å²) in [5, 5.41) is 3.01. The Balaban J connectivity index is 1.94. The molecule has 1 atom stereocenters. The fourth-order valence-electron chi connectivity index (χ4n) is 2.58. The van der Waals surface area contributed by atoms with Crippen molar-refractivity contribution < 1.29 is 13.9 Å². The summed E-state index contributed by atoms with van der Waals surface area (Å²) in [6.07, 6.45) is 1.28. The number of carbonyl (C=O) groups excluding carboxylic acids is 1. The zero-order chi connectivity index (χ0) is 16.4. The number of morpholine rings is 1. The standard InChI is InChI=1S/C15H19N5O3/c1-9-6-12(16-3)19-14(18-9)11-7-22-5-4-20(11)15(21)13-10(2)23-8-17-13/h6,8,11H,4-5,7H2,1-3H3,(H,16,18,19)/t11-/m1/s1. The number of nitrogens with zero attached hydrogens (tertiary/aromatic N) is 4. The minimum Gasteiger partial charge on any atom is -0.448 e. The van der Waals surface area contributed by atoms with E-state index in [0.717, 1.165) is 5.69 Å². The maximum Gasteiger partial charge on any atom is 0.276 e. The van der Waals surface area contributed by atoms with Crippen LogP contribution in [0.25, 0.3) is 0 Å². The molecule has 1 amide bonds. The summed E-state index contributed by atoms with van der Waals surface area (Å²) in [4.78, 5) is 27.4. The molecule has 3 rings (SSSR count). The van der Waals surface area contributed by atoms with E-state index in [1.54, 1.807) is 18.9 Å². The minimum atomic E-state index is -0.348. The third kappa shape index (κ3) is 3.02. The number of hydrogen-bond acceptors (Lipinski definition) is 7. The van der Waals surface area contributed by atoms with Crippen LogP contribution in [0.5, 0.6) is 0 Å². The lowest BCUT2D eigenvalue weighted by Gasteiger charge is -2.34. The van der Waals surface area contributed by atoms with Crippen LogP contribution < -0.4 is 5.32 Å². The van der Waals surface area contributed by atoms with Gasteiger partial charge in [-0.15, -0.1) is 0 Å². The smallest absolute Gasteiger partial charge is 0.276 e. The molecule has 0 unspecified atom stereocenters. The van der Waals surface area contributed by atoms with Crippen LogP contribution in [-0.2, 0) is 4.74 Å². The molecule has 1 aliphatic heterocycles. The lowest BCUT2D eigenvalue weighted by atomic mass is 10.1. The van der Waals surface area contributed by atoms with E-state index in [4.69, 9.17) is 9.15 Å². The Hall–Kier alpha value is -2.48. The molecule has 1 saturated heterocycles. The summed E-state index contributed by atoms with van der Waals surface area (Å²) >= 11 is 0. The van der Waals surface area contributed by atoms with E-state index in [1.165, 1.54) is 6.39 Å². The molecule has 2 aromatic heterocycles. The molecule has 1 N–H and O–H groups in total. The predicted molar refractivity (Wildman–Crippen MR) is 82.2 cm³/mol. The van der Waals surface area contributed by atoms with Crippen molar-refractivity contribution in [3.63, 3.8) is 0 Å². The van der Waals surface area contributed by atoms with Gasteiger partial charge in [-0.3, -0.25) is 4.79 Å². The summed E-state index contributed by atoms with van der Waals surface area (Å²) in [6, 6.07) is 1.50. The summed E-state index contributed by atoms with van der Waals surface area (Å²) in [6.45, 7) is 4.91. The van der Waals surface area contributed by atoms with Gasteiger partial charge in [0.1, 0.15) is 17.6 Å². The van der Waals surface area contributed by atoms with E-state index in [0.29, 0.717) is 42.9 Å². The molecule has 0 aliphatic carbocycles.